The van der Waals surface area contributed by atoms with Gasteiger partial charge in [-0.25, -0.2) is 0 Å². The minimum Gasteiger partial charge on any atom is -0.468 e. The number of esters is 4. The Morgan fingerprint density at radius 1 is 0.917 bits per heavy atom. The molecular formula is C27H41NO8. The molecule has 3 atom stereocenters. The molecular weight excluding hydrogens is 466 g/mol. The van der Waals surface area contributed by atoms with Crippen LogP contribution < -0.4 is 15.2 Å². The Bertz CT molecular complexity index is 900. The van der Waals surface area contributed by atoms with Crippen molar-refractivity contribution in [1.82, 2.24) is 0 Å². The molecule has 0 fully saturated rings. The van der Waals surface area contributed by atoms with Gasteiger partial charge < -0.3 is 24.7 Å². The molecule has 36 heavy (non-hydrogen) atoms. The SMILES string of the molecule is CCCC(=O)Oc1ccc(CC(N)(C[C@H](C)OC(=O)CC(C)CC)C(=O)OC)cc1OC(=O)CCC. The van der Waals surface area contributed by atoms with Crippen LogP contribution in [0.3, 0.4) is 0 Å². The lowest BCUT2D eigenvalue weighted by Crippen LogP contribution is -2.53. The summed E-state index contributed by atoms with van der Waals surface area (Å²) in [5, 5.41) is 0. The fourth-order valence-corrected chi connectivity index (χ4v) is 3.63. The van der Waals surface area contributed by atoms with Crippen LogP contribution >= 0.6 is 0 Å². The summed E-state index contributed by atoms with van der Waals surface area (Å²) in [5.74, 6) is -1.59. The largest absolute Gasteiger partial charge is 0.468 e. The maximum atomic E-state index is 12.7. The highest BCUT2D eigenvalue weighted by molar-refractivity contribution is 5.81. The molecule has 0 saturated heterocycles. The number of hydrogen-bond donors (Lipinski definition) is 1. The van der Waals surface area contributed by atoms with E-state index in [1.54, 1.807) is 13.0 Å². The highest BCUT2D eigenvalue weighted by Gasteiger charge is 2.38. The van der Waals surface area contributed by atoms with E-state index in [0.29, 0.717) is 18.4 Å². The van der Waals surface area contributed by atoms with Crippen LogP contribution in [0.4, 0.5) is 0 Å². The topological polar surface area (TPSA) is 131 Å². The zero-order valence-corrected chi connectivity index (χ0v) is 22.4. The van der Waals surface area contributed by atoms with Crippen LogP contribution in [-0.2, 0) is 35.1 Å². The monoisotopic (exact) mass is 507 g/mol. The van der Waals surface area contributed by atoms with Crippen molar-refractivity contribution in [2.75, 3.05) is 7.11 Å². The first-order valence-electron chi connectivity index (χ1n) is 12.6. The first-order valence-corrected chi connectivity index (χ1v) is 12.6. The summed E-state index contributed by atoms with van der Waals surface area (Å²) in [4.78, 5) is 49.1. The second-order valence-corrected chi connectivity index (χ2v) is 9.28. The number of hydrogen-bond acceptors (Lipinski definition) is 9. The number of ether oxygens (including phenoxy) is 4. The molecule has 0 radical (unpaired) electrons. The number of methoxy groups -OCH3 is 1. The van der Waals surface area contributed by atoms with Crippen molar-refractivity contribution in [3.8, 4) is 11.5 Å². The zero-order chi connectivity index (χ0) is 27.3. The third-order valence-corrected chi connectivity index (χ3v) is 5.67. The number of benzene rings is 1. The van der Waals surface area contributed by atoms with Crippen molar-refractivity contribution in [1.29, 1.82) is 0 Å². The first kappa shape index (κ1) is 31.1. The molecule has 0 aliphatic rings. The van der Waals surface area contributed by atoms with Crippen molar-refractivity contribution in [2.45, 2.75) is 97.6 Å². The Kier molecular flexibility index (Phi) is 13.2. The Balaban J connectivity index is 3.17. The fourth-order valence-electron chi connectivity index (χ4n) is 3.63. The van der Waals surface area contributed by atoms with Crippen LogP contribution in [-0.4, -0.2) is 42.6 Å². The van der Waals surface area contributed by atoms with Crippen molar-refractivity contribution < 1.29 is 38.1 Å². The van der Waals surface area contributed by atoms with E-state index in [9.17, 15) is 19.2 Å². The summed E-state index contributed by atoms with van der Waals surface area (Å²) in [5.41, 5.74) is 5.52. The van der Waals surface area contributed by atoms with Gasteiger partial charge in [-0.1, -0.05) is 40.2 Å². The van der Waals surface area contributed by atoms with Crippen molar-refractivity contribution in [3.63, 3.8) is 0 Å². The van der Waals surface area contributed by atoms with Gasteiger partial charge in [0.15, 0.2) is 11.5 Å². The molecule has 1 aromatic rings. The predicted molar refractivity (Wildman–Crippen MR) is 134 cm³/mol. The number of carbonyl (C=O) groups is 4. The van der Waals surface area contributed by atoms with Crippen LogP contribution in [0.5, 0.6) is 11.5 Å². The van der Waals surface area contributed by atoms with Gasteiger partial charge in [0.05, 0.1) is 7.11 Å². The highest BCUT2D eigenvalue weighted by Crippen LogP contribution is 2.32. The van der Waals surface area contributed by atoms with Gasteiger partial charge in [-0.15, -0.1) is 0 Å². The van der Waals surface area contributed by atoms with Crippen LogP contribution in [0.25, 0.3) is 0 Å². The molecule has 202 valence electrons. The van der Waals surface area contributed by atoms with Gasteiger partial charge in [0, 0.05) is 32.1 Å². The molecule has 0 aliphatic carbocycles. The van der Waals surface area contributed by atoms with Gasteiger partial charge >= 0.3 is 23.9 Å². The van der Waals surface area contributed by atoms with Gasteiger partial charge in [0.25, 0.3) is 0 Å². The van der Waals surface area contributed by atoms with Gasteiger partial charge in [-0.05, 0) is 43.4 Å². The number of nitrogens with two attached hydrogens (primary N) is 1. The molecule has 9 heteroatoms. The van der Waals surface area contributed by atoms with E-state index in [0.717, 1.165) is 6.42 Å². The van der Waals surface area contributed by atoms with Crippen molar-refractivity contribution in [3.05, 3.63) is 23.8 Å². The molecule has 1 rings (SSSR count). The summed E-state index contributed by atoms with van der Waals surface area (Å²) < 4.78 is 21.2. The molecule has 0 bridgehead atoms. The van der Waals surface area contributed by atoms with E-state index < -0.39 is 29.6 Å². The fraction of sp³-hybridized carbons (Fsp3) is 0.630. The highest BCUT2D eigenvalue weighted by atomic mass is 16.6. The molecule has 0 saturated carbocycles. The lowest BCUT2D eigenvalue weighted by Gasteiger charge is -2.29. The third-order valence-electron chi connectivity index (χ3n) is 5.67. The molecule has 0 amide bonds. The second kappa shape index (κ2) is 15.2. The normalized spacial score (nSPS) is 14.2. The Morgan fingerprint density at radius 3 is 2.03 bits per heavy atom. The average Bonchev–Trinajstić information content (AvgIpc) is 2.79. The molecule has 2 N–H and O–H groups in total. The molecule has 2 unspecified atom stereocenters. The predicted octanol–water partition coefficient (Wildman–Crippen LogP) is 4.27. The van der Waals surface area contributed by atoms with Gasteiger partial charge in [0.2, 0.25) is 0 Å². The summed E-state index contributed by atoms with van der Waals surface area (Å²) in [7, 11) is 1.23. The van der Waals surface area contributed by atoms with Gasteiger partial charge in [-0.2, -0.15) is 0 Å². The van der Waals surface area contributed by atoms with E-state index in [4.69, 9.17) is 24.7 Å². The van der Waals surface area contributed by atoms with Crippen molar-refractivity contribution in [2.24, 2.45) is 11.7 Å². The van der Waals surface area contributed by atoms with E-state index >= 15 is 0 Å². The van der Waals surface area contributed by atoms with Crippen LogP contribution in [0, 0.1) is 5.92 Å². The van der Waals surface area contributed by atoms with Gasteiger partial charge in [-0.3, -0.25) is 19.2 Å². The molecule has 0 heterocycles. The molecule has 0 aromatic heterocycles. The van der Waals surface area contributed by atoms with Crippen LogP contribution in [0.2, 0.25) is 0 Å². The van der Waals surface area contributed by atoms with Gasteiger partial charge in [0.1, 0.15) is 11.6 Å². The molecule has 0 spiro atoms. The average molecular weight is 508 g/mol. The summed E-state index contributed by atoms with van der Waals surface area (Å²) >= 11 is 0. The second-order valence-electron chi connectivity index (χ2n) is 9.28. The van der Waals surface area contributed by atoms with E-state index in [2.05, 4.69) is 0 Å². The maximum Gasteiger partial charge on any atom is 0.326 e. The quantitative estimate of drug-likeness (QED) is 0.273. The summed E-state index contributed by atoms with van der Waals surface area (Å²) in [6.45, 7) is 9.32. The smallest absolute Gasteiger partial charge is 0.326 e. The van der Waals surface area contributed by atoms with Crippen LogP contribution in [0.1, 0.15) is 85.1 Å². The third kappa shape index (κ3) is 10.4. The van der Waals surface area contributed by atoms with E-state index in [-0.39, 0.29) is 55.5 Å². The lowest BCUT2D eigenvalue weighted by atomic mass is 9.86. The number of rotatable bonds is 15. The zero-order valence-electron chi connectivity index (χ0n) is 22.4. The van der Waals surface area contributed by atoms with E-state index in [1.807, 2.05) is 27.7 Å². The minimum atomic E-state index is -1.52. The maximum absolute atomic E-state index is 12.7. The molecule has 9 nitrogen and oxygen atoms in total. The standard InChI is InChI=1S/C27H41NO8/c1-7-10-23(29)35-21-13-12-20(15-22(21)36-24(30)11-8-2)17-27(28,26(32)33-6)16-19(5)34-25(31)14-18(4)9-3/h12-13,15,18-19H,7-11,14,16-17,28H2,1-6H3/t18?,19-,27?/m0/s1. The lowest BCUT2D eigenvalue weighted by molar-refractivity contribution is -0.155. The first-order chi connectivity index (χ1) is 17.0. The van der Waals surface area contributed by atoms with Crippen LogP contribution in [0.15, 0.2) is 18.2 Å². The van der Waals surface area contributed by atoms with Crippen molar-refractivity contribution >= 4 is 23.9 Å². The molecule has 0 aliphatic heterocycles. The Labute approximate surface area is 214 Å². The number of carbonyl (C=O) groups excluding carboxylic acids is 4. The summed E-state index contributed by atoms with van der Waals surface area (Å²) in [6, 6.07) is 4.66. The van der Waals surface area contributed by atoms with E-state index in [1.165, 1.54) is 19.2 Å². The molecule has 1 aromatic carbocycles. The summed E-state index contributed by atoms with van der Waals surface area (Å²) in [6.07, 6.45) is 2.12. The Morgan fingerprint density at radius 2 is 1.50 bits per heavy atom. The minimum absolute atomic E-state index is 0.00837. The Hall–Kier alpha value is -2.94.